The van der Waals surface area contributed by atoms with Crippen molar-refractivity contribution in [3.05, 3.63) is 18.2 Å². The van der Waals surface area contributed by atoms with Crippen molar-refractivity contribution in [1.29, 1.82) is 0 Å². The molecule has 0 aliphatic carbocycles. The molecule has 2 heterocycles. The van der Waals surface area contributed by atoms with Crippen LogP contribution >= 0.6 is 11.8 Å². The molecular weight excluding hydrogens is 350 g/mol. The van der Waals surface area contributed by atoms with Gasteiger partial charge in [0.1, 0.15) is 13.2 Å². The van der Waals surface area contributed by atoms with Gasteiger partial charge in [-0.3, -0.25) is 4.79 Å². The molecule has 2 aliphatic heterocycles. The number of benzene rings is 1. The lowest BCUT2D eigenvalue weighted by molar-refractivity contribution is -0.120. The number of thioether (sulfide) groups is 1. The van der Waals surface area contributed by atoms with Crippen LogP contribution in [0.15, 0.2) is 23.1 Å². The van der Waals surface area contributed by atoms with Gasteiger partial charge in [-0.05, 0) is 30.5 Å². The first-order valence-electron chi connectivity index (χ1n) is 8.01. The molecule has 8 heteroatoms. The maximum Gasteiger partial charge on any atom is 0.220 e. The molecule has 0 bridgehead atoms. The minimum atomic E-state index is -2.88. The van der Waals surface area contributed by atoms with Gasteiger partial charge < -0.3 is 14.8 Å². The Labute approximate surface area is 146 Å². The van der Waals surface area contributed by atoms with Crippen LogP contribution in [-0.2, 0) is 14.6 Å². The van der Waals surface area contributed by atoms with Gasteiger partial charge in [0.2, 0.25) is 5.91 Å². The van der Waals surface area contributed by atoms with E-state index in [1.54, 1.807) is 11.8 Å². The highest BCUT2D eigenvalue weighted by Gasteiger charge is 2.27. The Morgan fingerprint density at radius 1 is 1.25 bits per heavy atom. The monoisotopic (exact) mass is 371 g/mol. The third kappa shape index (κ3) is 4.80. The van der Waals surface area contributed by atoms with Crippen molar-refractivity contribution in [2.24, 2.45) is 5.92 Å². The summed E-state index contributed by atoms with van der Waals surface area (Å²) in [5.74, 6) is 2.63. The summed E-state index contributed by atoms with van der Waals surface area (Å²) in [6.07, 6.45) is 1.05. The van der Waals surface area contributed by atoms with E-state index in [2.05, 4.69) is 5.32 Å². The van der Waals surface area contributed by atoms with Crippen LogP contribution < -0.4 is 14.8 Å². The van der Waals surface area contributed by atoms with Crippen LogP contribution in [-0.4, -0.2) is 51.3 Å². The van der Waals surface area contributed by atoms with E-state index >= 15 is 0 Å². The van der Waals surface area contributed by atoms with Crippen LogP contribution in [0.1, 0.15) is 12.8 Å². The van der Waals surface area contributed by atoms with Gasteiger partial charge in [-0.15, -0.1) is 11.8 Å². The zero-order chi connectivity index (χ0) is 17.0. The Morgan fingerprint density at radius 3 is 2.79 bits per heavy atom. The van der Waals surface area contributed by atoms with Gasteiger partial charge in [-0.1, -0.05) is 0 Å². The van der Waals surface area contributed by atoms with E-state index in [0.29, 0.717) is 38.4 Å². The Kier molecular flexibility index (Phi) is 5.55. The van der Waals surface area contributed by atoms with Gasteiger partial charge >= 0.3 is 0 Å². The molecular formula is C16H21NO5S2. The first kappa shape index (κ1) is 17.4. The zero-order valence-corrected chi connectivity index (χ0v) is 15.0. The van der Waals surface area contributed by atoms with E-state index in [1.165, 1.54) is 0 Å². The fraction of sp³-hybridized carbons (Fsp3) is 0.562. The van der Waals surface area contributed by atoms with E-state index < -0.39 is 9.84 Å². The van der Waals surface area contributed by atoms with E-state index in [4.69, 9.17) is 9.47 Å². The summed E-state index contributed by atoms with van der Waals surface area (Å²) < 4.78 is 33.8. The number of hydrogen-bond donors (Lipinski definition) is 1. The number of rotatable bonds is 6. The summed E-state index contributed by atoms with van der Waals surface area (Å²) >= 11 is 1.59. The first-order chi connectivity index (χ1) is 11.5. The van der Waals surface area contributed by atoms with Crippen molar-refractivity contribution < 1.29 is 22.7 Å². The number of fused-ring (bicyclic) bond motifs is 1. The summed E-state index contributed by atoms with van der Waals surface area (Å²) in [6.45, 7) is 1.58. The summed E-state index contributed by atoms with van der Waals surface area (Å²) in [5.41, 5.74) is 0. The number of ether oxygens (including phenoxy) is 2. The highest BCUT2D eigenvalue weighted by molar-refractivity contribution is 7.99. The fourth-order valence-electron chi connectivity index (χ4n) is 2.75. The third-order valence-corrected chi connectivity index (χ3v) is 6.86. The van der Waals surface area contributed by atoms with Crippen LogP contribution in [0.4, 0.5) is 0 Å². The summed E-state index contributed by atoms with van der Waals surface area (Å²) in [5, 5.41) is 2.84. The van der Waals surface area contributed by atoms with E-state index in [1.807, 2.05) is 18.2 Å². The van der Waals surface area contributed by atoms with E-state index in [0.717, 1.165) is 16.4 Å². The molecule has 0 unspecified atom stereocenters. The molecule has 132 valence electrons. The summed E-state index contributed by atoms with van der Waals surface area (Å²) in [6, 6.07) is 5.78. The lowest BCUT2D eigenvalue weighted by Crippen LogP contribution is -2.29. The minimum absolute atomic E-state index is 0.0376. The van der Waals surface area contributed by atoms with Crippen LogP contribution in [0.3, 0.4) is 0 Å². The second-order valence-electron chi connectivity index (χ2n) is 5.98. The van der Waals surface area contributed by atoms with Gasteiger partial charge in [0.25, 0.3) is 0 Å². The number of carbonyl (C=O) groups excluding carboxylic acids is 1. The molecule has 1 N–H and O–H groups in total. The molecule has 1 amide bonds. The van der Waals surface area contributed by atoms with Crippen molar-refractivity contribution in [2.45, 2.75) is 17.7 Å². The molecule has 0 spiro atoms. The quantitative estimate of drug-likeness (QED) is 0.763. The normalized spacial score (nSPS) is 21.4. The predicted molar refractivity (Wildman–Crippen MR) is 92.5 cm³/mol. The highest BCUT2D eigenvalue weighted by atomic mass is 32.2. The average Bonchev–Trinajstić information content (AvgIpc) is 2.92. The van der Waals surface area contributed by atoms with Gasteiger partial charge in [0, 0.05) is 23.6 Å². The number of sulfone groups is 1. The number of amides is 1. The second kappa shape index (κ2) is 7.65. The molecule has 1 fully saturated rings. The molecule has 1 aromatic rings. The van der Waals surface area contributed by atoms with Crippen molar-refractivity contribution >= 4 is 27.5 Å². The van der Waals surface area contributed by atoms with Gasteiger partial charge in [-0.2, -0.15) is 0 Å². The van der Waals surface area contributed by atoms with Crippen LogP contribution in [0.2, 0.25) is 0 Å². The zero-order valence-electron chi connectivity index (χ0n) is 13.3. The van der Waals surface area contributed by atoms with E-state index in [9.17, 15) is 13.2 Å². The van der Waals surface area contributed by atoms with Crippen LogP contribution in [0.25, 0.3) is 0 Å². The van der Waals surface area contributed by atoms with Crippen molar-refractivity contribution in [3.63, 3.8) is 0 Å². The van der Waals surface area contributed by atoms with Crippen LogP contribution in [0, 0.1) is 5.92 Å². The molecule has 0 radical (unpaired) electrons. The lowest BCUT2D eigenvalue weighted by Gasteiger charge is -2.18. The van der Waals surface area contributed by atoms with Crippen molar-refractivity contribution in [2.75, 3.05) is 37.0 Å². The van der Waals surface area contributed by atoms with Gasteiger partial charge in [0.05, 0.1) is 11.5 Å². The lowest BCUT2D eigenvalue weighted by atomic mass is 10.1. The topological polar surface area (TPSA) is 81.7 Å². The molecule has 3 rings (SSSR count). The molecule has 1 saturated heterocycles. The molecule has 0 aromatic heterocycles. The Balaban J connectivity index is 1.38. The number of hydrogen-bond acceptors (Lipinski definition) is 6. The standard InChI is InChI=1S/C16H21NO5S2/c18-16(17-10-12-4-8-24(19,20)11-12)3-7-23-13-1-2-14-15(9-13)22-6-5-21-14/h1-2,9,12H,3-8,10-11H2,(H,17,18)/t12-/m1/s1. The molecule has 2 aliphatic rings. The predicted octanol–water partition coefficient (Wildman–Crippen LogP) is 1.49. The smallest absolute Gasteiger partial charge is 0.220 e. The largest absolute Gasteiger partial charge is 0.486 e. The second-order valence-corrected chi connectivity index (χ2v) is 9.37. The molecule has 1 atom stereocenters. The fourth-order valence-corrected chi connectivity index (χ4v) is 5.49. The third-order valence-electron chi connectivity index (χ3n) is 4.03. The maximum absolute atomic E-state index is 11.9. The number of carbonyl (C=O) groups is 1. The SMILES string of the molecule is O=C(CCSc1ccc2c(c1)OCCO2)NC[C@H]1CCS(=O)(=O)C1. The van der Waals surface area contributed by atoms with Gasteiger partial charge in [-0.25, -0.2) is 8.42 Å². The Morgan fingerprint density at radius 2 is 2.04 bits per heavy atom. The summed E-state index contributed by atoms with van der Waals surface area (Å²) in [7, 11) is -2.88. The van der Waals surface area contributed by atoms with Crippen molar-refractivity contribution in [3.8, 4) is 11.5 Å². The molecule has 6 nitrogen and oxygen atoms in total. The average molecular weight is 371 g/mol. The summed E-state index contributed by atoms with van der Waals surface area (Å²) in [4.78, 5) is 12.9. The number of nitrogens with one attached hydrogen (secondary N) is 1. The molecule has 24 heavy (non-hydrogen) atoms. The Hall–Kier alpha value is -1.41. The van der Waals surface area contributed by atoms with Gasteiger partial charge in [0.15, 0.2) is 21.3 Å². The highest BCUT2D eigenvalue weighted by Crippen LogP contribution is 2.34. The maximum atomic E-state index is 11.9. The van der Waals surface area contributed by atoms with Crippen LogP contribution in [0.5, 0.6) is 11.5 Å². The molecule has 0 saturated carbocycles. The van der Waals surface area contributed by atoms with E-state index in [-0.39, 0.29) is 23.3 Å². The minimum Gasteiger partial charge on any atom is -0.486 e. The Bertz CT molecular complexity index is 704. The first-order valence-corrected chi connectivity index (χ1v) is 10.8. The van der Waals surface area contributed by atoms with Crippen molar-refractivity contribution in [1.82, 2.24) is 5.32 Å². The molecule has 1 aromatic carbocycles.